The van der Waals surface area contributed by atoms with Crippen molar-refractivity contribution in [3.05, 3.63) is 125 Å². The van der Waals surface area contributed by atoms with Crippen LogP contribution in [0.4, 0.5) is 10.1 Å². The van der Waals surface area contributed by atoms with Crippen molar-refractivity contribution in [1.82, 2.24) is 10.2 Å². The largest absolute Gasteiger partial charge is 0.494 e. The minimum Gasteiger partial charge on any atom is -0.494 e. The van der Waals surface area contributed by atoms with Gasteiger partial charge in [-0.3, -0.25) is 13.9 Å². The van der Waals surface area contributed by atoms with E-state index in [1.54, 1.807) is 0 Å². The van der Waals surface area contributed by atoms with E-state index in [0.29, 0.717) is 12.4 Å². The van der Waals surface area contributed by atoms with E-state index >= 15 is 0 Å². The van der Waals surface area contributed by atoms with Gasteiger partial charge >= 0.3 is 0 Å². The zero-order valence-electron chi connectivity index (χ0n) is 26.8. The van der Waals surface area contributed by atoms with Gasteiger partial charge in [0.15, 0.2) is 0 Å². The summed E-state index contributed by atoms with van der Waals surface area (Å²) in [5.74, 6) is -1.06. The number of benzene rings is 4. The number of amides is 2. The number of anilines is 1. The van der Waals surface area contributed by atoms with E-state index in [9.17, 15) is 22.4 Å². The molecule has 0 fully saturated rings. The Labute approximate surface area is 284 Å². The Morgan fingerprint density at radius 2 is 1.49 bits per heavy atom. The van der Waals surface area contributed by atoms with Crippen molar-refractivity contribution in [2.24, 2.45) is 0 Å². The van der Waals surface area contributed by atoms with Gasteiger partial charge in [0.2, 0.25) is 11.8 Å². The summed E-state index contributed by atoms with van der Waals surface area (Å²) < 4.78 is 49.6. The van der Waals surface area contributed by atoms with E-state index in [1.165, 1.54) is 41.3 Å². The van der Waals surface area contributed by atoms with Gasteiger partial charge in [-0.25, -0.2) is 12.8 Å². The standard InChI is InChI=1S/C36H39BrFN3O5S/c1-5-46-31-19-21-32(22-20-31)47(44,45)41(30-17-15-29(38)16-18-30)25-34(42)40(24-27-11-13-28(37)14-12-27)33(35(43)39-36(2,3)4)23-26-9-7-6-8-10-26/h6-22,33H,5,23-25H2,1-4H3,(H,39,43)/t33-/m0/s1. The molecule has 0 unspecified atom stereocenters. The van der Waals surface area contributed by atoms with Crippen LogP contribution in [-0.2, 0) is 32.6 Å². The maximum absolute atomic E-state index is 14.5. The highest BCUT2D eigenvalue weighted by Gasteiger charge is 2.35. The number of carbonyl (C=O) groups excluding carboxylic acids is 2. The van der Waals surface area contributed by atoms with Crippen LogP contribution in [-0.4, -0.2) is 49.9 Å². The lowest BCUT2D eigenvalue weighted by Gasteiger charge is -2.35. The fourth-order valence-corrected chi connectivity index (χ4v) is 6.61. The minimum atomic E-state index is -4.34. The van der Waals surface area contributed by atoms with Crippen LogP contribution in [0.15, 0.2) is 112 Å². The lowest BCUT2D eigenvalue weighted by atomic mass is 10.0. The summed E-state index contributed by atoms with van der Waals surface area (Å²) in [6.45, 7) is 7.16. The third kappa shape index (κ3) is 9.89. The van der Waals surface area contributed by atoms with Crippen LogP contribution in [0.3, 0.4) is 0 Å². The molecule has 47 heavy (non-hydrogen) atoms. The number of nitrogens with one attached hydrogen (secondary N) is 1. The average Bonchev–Trinajstić information content (AvgIpc) is 3.03. The second-order valence-corrected chi connectivity index (χ2v) is 14.8. The van der Waals surface area contributed by atoms with E-state index in [0.717, 1.165) is 32.0 Å². The first-order valence-corrected chi connectivity index (χ1v) is 17.4. The van der Waals surface area contributed by atoms with Crippen molar-refractivity contribution >= 4 is 43.5 Å². The zero-order chi connectivity index (χ0) is 34.2. The molecule has 0 saturated carbocycles. The molecule has 248 valence electrons. The topological polar surface area (TPSA) is 96.0 Å². The Kier molecular flexibility index (Phi) is 11.8. The quantitative estimate of drug-likeness (QED) is 0.165. The van der Waals surface area contributed by atoms with Crippen molar-refractivity contribution < 1.29 is 27.1 Å². The maximum atomic E-state index is 14.5. The summed E-state index contributed by atoms with van der Waals surface area (Å²) >= 11 is 3.44. The van der Waals surface area contributed by atoms with Crippen molar-refractivity contribution in [3.63, 3.8) is 0 Å². The third-order valence-electron chi connectivity index (χ3n) is 7.15. The SMILES string of the molecule is CCOc1ccc(S(=O)(=O)N(CC(=O)N(Cc2ccc(Br)cc2)[C@@H](Cc2ccccc2)C(=O)NC(C)(C)C)c2ccc(F)cc2)cc1. The summed E-state index contributed by atoms with van der Waals surface area (Å²) in [7, 11) is -4.34. The zero-order valence-corrected chi connectivity index (χ0v) is 29.2. The average molecular weight is 725 g/mol. The number of halogens is 2. The van der Waals surface area contributed by atoms with E-state index in [4.69, 9.17) is 4.74 Å². The Balaban J connectivity index is 1.80. The predicted molar refractivity (Wildman–Crippen MR) is 185 cm³/mol. The number of carbonyl (C=O) groups is 2. The predicted octanol–water partition coefficient (Wildman–Crippen LogP) is 6.74. The van der Waals surface area contributed by atoms with Crippen LogP contribution in [0.25, 0.3) is 0 Å². The third-order valence-corrected chi connectivity index (χ3v) is 9.47. The fourth-order valence-electron chi connectivity index (χ4n) is 4.93. The molecule has 0 aliphatic heterocycles. The first kappa shape index (κ1) is 35.6. The number of rotatable bonds is 13. The molecule has 8 nitrogen and oxygen atoms in total. The first-order valence-electron chi connectivity index (χ1n) is 15.2. The molecule has 1 atom stereocenters. The van der Waals surface area contributed by atoms with Gasteiger partial charge in [0.25, 0.3) is 10.0 Å². The van der Waals surface area contributed by atoms with Gasteiger partial charge < -0.3 is 15.0 Å². The highest BCUT2D eigenvalue weighted by atomic mass is 79.9. The maximum Gasteiger partial charge on any atom is 0.264 e. The molecule has 0 bridgehead atoms. The van der Waals surface area contributed by atoms with Crippen molar-refractivity contribution in [2.45, 2.75) is 57.1 Å². The Morgan fingerprint density at radius 1 is 0.872 bits per heavy atom. The van der Waals surface area contributed by atoms with Crippen molar-refractivity contribution in [1.29, 1.82) is 0 Å². The first-order chi connectivity index (χ1) is 22.3. The van der Waals surface area contributed by atoms with Crippen LogP contribution in [0, 0.1) is 5.82 Å². The summed E-state index contributed by atoms with van der Waals surface area (Å²) in [5.41, 5.74) is 1.06. The number of sulfonamides is 1. The molecule has 0 aromatic heterocycles. The molecular formula is C36H39BrFN3O5S. The van der Waals surface area contributed by atoms with Crippen LogP contribution in [0.1, 0.15) is 38.8 Å². The molecular weight excluding hydrogens is 685 g/mol. The number of hydrogen-bond acceptors (Lipinski definition) is 5. The molecule has 0 spiro atoms. The van der Waals surface area contributed by atoms with E-state index < -0.39 is 39.9 Å². The molecule has 4 aromatic carbocycles. The smallest absolute Gasteiger partial charge is 0.264 e. The van der Waals surface area contributed by atoms with Gasteiger partial charge in [-0.05, 0) is 99.5 Å². The molecule has 0 saturated heterocycles. The van der Waals surface area contributed by atoms with Crippen molar-refractivity contribution in [2.75, 3.05) is 17.5 Å². The molecule has 4 aromatic rings. The molecule has 0 heterocycles. The van der Waals surface area contributed by atoms with Gasteiger partial charge in [-0.15, -0.1) is 0 Å². The number of hydrogen-bond donors (Lipinski definition) is 1. The Hall–Kier alpha value is -4.22. The summed E-state index contributed by atoms with van der Waals surface area (Å²) in [4.78, 5) is 29.8. The van der Waals surface area contributed by atoms with Gasteiger partial charge in [0.1, 0.15) is 24.2 Å². The summed E-state index contributed by atoms with van der Waals surface area (Å²) in [6, 6.07) is 26.4. The van der Waals surface area contributed by atoms with E-state index in [2.05, 4.69) is 21.2 Å². The molecule has 0 aliphatic rings. The van der Waals surface area contributed by atoms with Crippen molar-refractivity contribution in [3.8, 4) is 5.75 Å². The van der Waals surface area contributed by atoms with Gasteiger partial charge in [-0.2, -0.15) is 0 Å². The van der Waals surface area contributed by atoms with Crippen LogP contribution in [0.2, 0.25) is 0 Å². The fraction of sp³-hybridized carbons (Fsp3) is 0.278. The normalized spacial score (nSPS) is 12.2. The second kappa shape index (κ2) is 15.6. The second-order valence-electron chi connectivity index (χ2n) is 12.0. The van der Waals surface area contributed by atoms with E-state index in [-0.39, 0.29) is 29.5 Å². The molecule has 1 N–H and O–H groups in total. The molecule has 0 radical (unpaired) electrons. The van der Waals surface area contributed by atoms with Crippen LogP contribution in [0.5, 0.6) is 5.75 Å². The molecule has 11 heteroatoms. The summed E-state index contributed by atoms with van der Waals surface area (Å²) in [6.07, 6.45) is 0.188. The number of nitrogens with zero attached hydrogens (tertiary/aromatic N) is 2. The van der Waals surface area contributed by atoms with Crippen LogP contribution < -0.4 is 14.4 Å². The Bertz CT molecular complexity index is 1750. The lowest BCUT2D eigenvalue weighted by molar-refractivity contribution is -0.140. The lowest BCUT2D eigenvalue weighted by Crippen LogP contribution is -2.56. The monoisotopic (exact) mass is 723 g/mol. The highest BCUT2D eigenvalue weighted by Crippen LogP contribution is 2.27. The number of ether oxygens (including phenoxy) is 1. The van der Waals surface area contributed by atoms with E-state index in [1.807, 2.05) is 82.3 Å². The summed E-state index contributed by atoms with van der Waals surface area (Å²) in [5, 5.41) is 3.01. The van der Waals surface area contributed by atoms with Gasteiger partial charge in [-0.1, -0.05) is 58.4 Å². The van der Waals surface area contributed by atoms with Gasteiger partial charge in [0, 0.05) is 23.0 Å². The molecule has 0 aliphatic carbocycles. The Morgan fingerprint density at radius 3 is 2.06 bits per heavy atom. The van der Waals surface area contributed by atoms with Crippen LogP contribution >= 0.6 is 15.9 Å². The molecule has 2 amide bonds. The molecule has 4 rings (SSSR count). The van der Waals surface area contributed by atoms with Gasteiger partial charge in [0.05, 0.1) is 17.2 Å². The highest BCUT2D eigenvalue weighted by molar-refractivity contribution is 9.10. The minimum absolute atomic E-state index is 0.0293.